The van der Waals surface area contributed by atoms with Gasteiger partial charge in [0.05, 0.1) is 29.5 Å². The second-order valence-corrected chi connectivity index (χ2v) is 7.22. The summed E-state index contributed by atoms with van der Waals surface area (Å²) in [4.78, 5) is 4.61. The van der Waals surface area contributed by atoms with Crippen LogP contribution in [0.15, 0.2) is 47.8 Å². The van der Waals surface area contributed by atoms with Crippen LogP contribution in [0.2, 0.25) is 5.02 Å². The van der Waals surface area contributed by atoms with Gasteiger partial charge in [0.1, 0.15) is 11.1 Å². The normalized spacial score (nSPS) is 13.7. The minimum absolute atomic E-state index is 0.474. The molecule has 0 N–H and O–H groups in total. The van der Waals surface area contributed by atoms with E-state index in [9.17, 15) is 5.26 Å². The van der Waals surface area contributed by atoms with E-state index in [1.165, 1.54) is 11.3 Å². The Morgan fingerprint density at radius 3 is 2.81 bits per heavy atom. The SMILES string of the molecule is N#C/C(=C\c1cc(Cl)c2c(c1)OCCCO2)c1nc(-c2ccccc2)cs1. The van der Waals surface area contributed by atoms with E-state index in [0.29, 0.717) is 40.3 Å². The van der Waals surface area contributed by atoms with Crippen molar-refractivity contribution in [2.75, 3.05) is 13.2 Å². The first-order valence-electron chi connectivity index (χ1n) is 8.47. The minimum Gasteiger partial charge on any atom is -0.489 e. The largest absolute Gasteiger partial charge is 0.489 e. The van der Waals surface area contributed by atoms with E-state index in [0.717, 1.165) is 23.2 Å². The molecule has 0 spiro atoms. The van der Waals surface area contributed by atoms with Crippen LogP contribution < -0.4 is 9.47 Å². The predicted molar refractivity (Wildman–Crippen MR) is 108 cm³/mol. The van der Waals surface area contributed by atoms with E-state index < -0.39 is 0 Å². The molecule has 0 fully saturated rings. The van der Waals surface area contributed by atoms with Crippen LogP contribution in [-0.2, 0) is 0 Å². The zero-order valence-corrected chi connectivity index (χ0v) is 15.9. The zero-order chi connectivity index (χ0) is 18.6. The number of thiazole rings is 1. The summed E-state index contributed by atoms with van der Waals surface area (Å²) in [6.07, 6.45) is 2.58. The van der Waals surface area contributed by atoms with E-state index in [1.54, 1.807) is 12.1 Å². The lowest BCUT2D eigenvalue weighted by atomic mass is 10.1. The third kappa shape index (κ3) is 3.82. The molecule has 0 aliphatic carbocycles. The molecule has 3 aromatic rings. The Kier molecular flexibility index (Phi) is 5.10. The van der Waals surface area contributed by atoms with Crippen LogP contribution in [0.3, 0.4) is 0 Å². The summed E-state index contributed by atoms with van der Waals surface area (Å²) in [7, 11) is 0. The van der Waals surface area contributed by atoms with Gasteiger partial charge in [0.2, 0.25) is 0 Å². The number of benzene rings is 2. The lowest BCUT2D eigenvalue weighted by Gasteiger charge is -2.10. The highest BCUT2D eigenvalue weighted by atomic mass is 35.5. The average molecular weight is 395 g/mol. The van der Waals surface area contributed by atoms with Crippen LogP contribution in [0.5, 0.6) is 11.5 Å². The molecule has 0 saturated heterocycles. The maximum atomic E-state index is 9.63. The summed E-state index contributed by atoms with van der Waals surface area (Å²) in [5, 5.41) is 12.7. The lowest BCUT2D eigenvalue weighted by Crippen LogP contribution is -1.97. The van der Waals surface area contributed by atoms with Gasteiger partial charge in [-0.15, -0.1) is 11.3 Å². The molecule has 1 aliphatic heterocycles. The highest BCUT2D eigenvalue weighted by Gasteiger charge is 2.16. The Hall–Kier alpha value is -2.81. The van der Waals surface area contributed by atoms with E-state index >= 15 is 0 Å². The van der Waals surface area contributed by atoms with Crippen molar-refractivity contribution in [2.45, 2.75) is 6.42 Å². The molecule has 2 heterocycles. The Morgan fingerprint density at radius 1 is 1.19 bits per heavy atom. The number of allylic oxidation sites excluding steroid dienone is 1. The number of aromatic nitrogens is 1. The van der Waals surface area contributed by atoms with Crippen molar-refractivity contribution in [3.05, 3.63) is 63.4 Å². The molecule has 6 heteroatoms. The number of ether oxygens (including phenoxy) is 2. The Balaban J connectivity index is 1.68. The molecule has 0 atom stereocenters. The van der Waals surface area contributed by atoms with Gasteiger partial charge in [0, 0.05) is 17.4 Å². The van der Waals surface area contributed by atoms with Gasteiger partial charge in [-0.2, -0.15) is 5.26 Å². The summed E-state index contributed by atoms with van der Waals surface area (Å²) in [6.45, 7) is 1.15. The van der Waals surface area contributed by atoms with Crippen molar-refractivity contribution < 1.29 is 9.47 Å². The molecule has 1 aromatic heterocycles. The molecule has 134 valence electrons. The smallest absolute Gasteiger partial charge is 0.179 e. The zero-order valence-electron chi connectivity index (χ0n) is 14.3. The topological polar surface area (TPSA) is 55.1 Å². The van der Waals surface area contributed by atoms with Crippen molar-refractivity contribution in [1.29, 1.82) is 5.26 Å². The van der Waals surface area contributed by atoms with Crippen molar-refractivity contribution in [1.82, 2.24) is 4.98 Å². The van der Waals surface area contributed by atoms with E-state index in [2.05, 4.69) is 11.1 Å². The molecule has 2 aromatic carbocycles. The number of rotatable bonds is 3. The number of halogens is 1. The first kappa shape index (κ1) is 17.6. The molecule has 1 aliphatic rings. The number of nitrogens with zero attached hydrogens (tertiary/aromatic N) is 2. The molecule has 0 amide bonds. The summed E-state index contributed by atoms with van der Waals surface area (Å²) < 4.78 is 11.4. The van der Waals surface area contributed by atoms with Crippen LogP contribution >= 0.6 is 22.9 Å². The number of nitriles is 1. The molecule has 0 radical (unpaired) electrons. The summed E-state index contributed by atoms with van der Waals surface area (Å²) in [5.74, 6) is 1.16. The Labute approximate surface area is 166 Å². The fourth-order valence-electron chi connectivity index (χ4n) is 2.78. The molecule has 4 rings (SSSR count). The number of fused-ring (bicyclic) bond motifs is 1. The van der Waals surface area contributed by atoms with Crippen LogP contribution in [-0.4, -0.2) is 18.2 Å². The maximum Gasteiger partial charge on any atom is 0.179 e. The van der Waals surface area contributed by atoms with E-state index in [4.69, 9.17) is 21.1 Å². The summed E-state index contributed by atoms with van der Waals surface area (Å²) in [6, 6.07) is 15.8. The number of hydrogen-bond donors (Lipinski definition) is 0. The van der Waals surface area contributed by atoms with Gasteiger partial charge in [-0.25, -0.2) is 4.98 Å². The summed E-state index contributed by atoms with van der Waals surface area (Å²) >= 11 is 7.79. The van der Waals surface area contributed by atoms with Crippen molar-refractivity contribution in [2.24, 2.45) is 0 Å². The quantitative estimate of drug-likeness (QED) is 0.535. The first-order valence-corrected chi connectivity index (χ1v) is 9.72. The molecule has 0 unspecified atom stereocenters. The van der Waals surface area contributed by atoms with Crippen LogP contribution in [0.25, 0.3) is 22.9 Å². The average Bonchev–Trinajstić information content (AvgIpc) is 3.06. The van der Waals surface area contributed by atoms with Crippen molar-refractivity contribution >= 4 is 34.6 Å². The molecular weight excluding hydrogens is 380 g/mol. The van der Waals surface area contributed by atoms with Gasteiger partial charge in [-0.05, 0) is 23.8 Å². The molecule has 4 nitrogen and oxygen atoms in total. The highest BCUT2D eigenvalue weighted by molar-refractivity contribution is 7.11. The Bertz CT molecular complexity index is 1040. The second-order valence-electron chi connectivity index (χ2n) is 5.95. The van der Waals surface area contributed by atoms with Gasteiger partial charge >= 0.3 is 0 Å². The van der Waals surface area contributed by atoms with Gasteiger partial charge in [-0.1, -0.05) is 41.9 Å². The van der Waals surface area contributed by atoms with Crippen LogP contribution in [0.1, 0.15) is 17.0 Å². The molecule has 0 bridgehead atoms. The predicted octanol–water partition coefficient (Wildman–Crippen LogP) is 5.69. The van der Waals surface area contributed by atoms with Crippen molar-refractivity contribution in [3.8, 4) is 28.8 Å². The monoisotopic (exact) mass is 394 g/mol. The third-order valence-corrected chi connectivity index (χ3v) is 5.22. The van der Waals surface area contributed by atoms with E-state index in [1.807, 2.05) is 41.8 Å². The van der Waals surface area contributed by atoms with Gasteiger partial charge < -0.3 is 9.47 Å². The minimum atomic E-state index is 0.474. The van der Waals surface area contributed by atoms with Gasteiger partial charge in [0.25, 0.3) is 0 Å². The molecular formula is C21H15ClN2O2S. The maximum absolute atomic E-state index is 9.63. The second kappa shape index (κ2) is 7.83. The molecule has 0 saturated carbocycles. The lowest BCUT2D eigenvalue weighted by molar-refractivity contribution is 0.297. The fourth-order valence-corrected chi connectivity index (χ4v) is 3.85. The first-order chi connectivity index (χ1) is 13.2. The van der Waals surface area contributed by atoms with Gasteiger partial charge in [-0.3, -0.25) is 0 Å². The number of hydrogen-bond acceptors (Lipinski definition) is 5. The Morgan fingerprint density at radius 2 is 2.00 bits per heavy atom. The van der Waals surface area contributed by atoms with Crippen LogP contribution in [0.4, 0.5) is 0 Å². The third-order valence-electron chi connectivity index (χ3n) is 4.06. The van der Waals surface area contributed by atoms with Crippen molar-refractivity contribution in [3.63, 3.8) is 0 Å². The fraction of sp³-hybridized carbons (Fsp3) is 0.143. The van der Waals surface area contributed by atoms with E-state index in [-0.39, 0.29) is 0 Å². The summed E-state index contributed by atoms with van der Waals surface area (Å²) in [5.41, 5.74) is 3.13. The van der Waals surface area contributed by atoms with Gasteiger partial charge in [0.15, 0.2) is 11.5 Å². The molecule has 27 heavy (non-hydrogen) atoms. The standard InChI is InChI=1S/C21H15ClN2O2S/c22-17-10-14(11-19-20(17)26-8-4-7-25-19)9-16(12-23)21-24-18(13-27-21)15-5-2-1-3-6-15/h1-3,5-6,9-11,13H,4,7-8H2/b16-9+. The highest BCUT2D eigenvalue weighted by Crippen LogP contribution is 2.39. The van der Waals surface area contributed by atoms with Crippen LogP contribution in [0, 0.1) is 11.3 Å².